The maximum absolute atomic E-state index is 12.2. The predicted octanol–water partition coefficient (Wildman–Crippen LogP) is 2.68. The summed E-state index contributed by atoms with van der Waals surface area (Å²) in [5, 5.41) is 5.74. The lowest BCUT2D eigenvalue weighted by Crippen LogP contribution is -2.47. The van der Waals surface area contributed by atoms with Gasteiger partial charge in [-0.3, -0.25) is 9.59 Å². The van der Waals surface area contributed by atoms with E-state index in [9.17, 15) is 9.59 Å². The van der Waals surface area contributed by atoms with Gasteiger partial charge in [-0.1, -0.05) is 37.8 Å². The van der Waals surface area contributed by atoms with Gasteiger partial charge in [-0.05, 0) is 43.4 Å². The van der Waals surface area contributed by atoms with E-state index in [4.69, 9.17) is 4.74 Å². The molecule has 2 fully saturated rings. The molecule has 0 aromatic heterocycles. The Morgan fingerprint density at radius 2 is 1.68 bits per heavy atom. The van der Waals surface area contributed by atoms with Crippen molar-refractivity contribution in [3.8, 4) is 5.75 Å². The zero-order valence-corrected chi connectivity index (χ0v) is 15.0. The van der Waals surface area contributed by atoms with Crippen LogP contribution in [0.15, 0.2) is 24.3 Å². The Kier molecular flexibility index (Phi) is 5.61. The van der Waals surface area contributed by atoms with Gasteiger partial charge in [0.1, 0.15) is 5.75 Å². The molecule has 0 atom stereocenters. The van der Waals surface area contributed by atoms with E-state index < -0.39 is 11.8 Å². The highest BCUT2D eigenvalue weighted by atomic mass is 16.5. The molecule has 0 heterocycles. The molecule has 2 saturated carbocycles. The molecule has 25 heavy (non-hydrogen) atoms. The minimum Gasteiger partial charge on any atom is -0.497 e. The minimum atomic E-state index is -0.508. The summed E-state index contributed by atoms with van der Waals surface area (Å²) in [6.07, 6.45) is 8.59. The van der Waals surface area contributed by atoms with Gasteiger partial charge in [0.15, 0.2) is 0 Å². The van der Waals surface area contributed by atoms with E-state index in [1.807, 2.05) is 12.1 Å². The van der Waals surface area contributed by atoms with Gasteiger partial charge in [-0.2, -0.15) is 0 Å². The first kappa shape index (κ1) is 17.8. The van der Waals surface area contributed by atoms with E-state index in [0.29, 0.717) is 6.54 Å². The van der Waals surface area contributed by atoms with Crippen LogP contribution in [0.1, 0.15) is 56.9 Å². The second-order valence-corrected chi connectivity index (χ2v) is 7.35. The van der Waals surface area contributed by atoms with E-state index in [2.05, 4.69) is 22.8 Å². The zero-order valence-electron chi connectivity index (χ0n) is 15.0. The van der Waals surface area contributed by atoms with Gasteiger partial charge < -0.3 is 15.4 Å². The summed E-state index contributed by atoms with van der Waals surface area (Å²) in [6, 6.07) is 8.25. The highest BCUT2D eigenvalue weighted by molar-refractivity contribution is 6.35. The fourth-order valence-electron chi connectivity index (χ4n) is 4.21. The Morgan fingerprint density at radius 1 is 1.04 bits per heavy atom. The van der Waals surface area contributed by atoms with Crippen molar-refractivity contribution >= 4 is 11.8 Å². The summed E-state index contributed by atoms with van der Waals surface area (Å²) >= 11 is 0. The number of hydrogen-bond acceptors (Lipinski definition) is 3. The van der Waals surface area contributed by atoms with Gasteiger partial charge >= 0.3 is 11.8 Å². The first-order valence-corrected chi connectivity index (χ1v) is 9.36. The molecule has 2 N–H and O–H groups in total. The van der Waals surface area contributed by atoms with Crippen LogP contribution in [0.3, 0.4) is 0 Å². The number of amides is 2. The molecule has 0 unspecified atom stereocenters. The molecule has 0 spiro atoms. The van der Waals surface area contributed by atoms with Crippen LogP contribution in [-0.2, 0) is 15.0 Å². The molecule has 5 heteroatoms. The van der Waals surface area contributed by atoms with Gasteiger partial charge in [-0.25, -0.2) is 0 Å². The molecular formula is C20H28N2O3. The van der Waals surface area contributed by atoms with Crippen molar-refractivity contribution in [1.82, 2.24) is 10.6 Å². The Morgan fingerprint density at radius 3 is 2.28 bits per heavy atom. The third-order valence-electron chi connectivity index (χ3n) is 5.75. The molecule has 0 radical (unpaired) electrons. The highest BCUT2D eigenvalue weighted by Crippen LogP contribution is 2.41. The first-order chi connectivity index (χ1) is 12.1. The number of nitrogens with one attached hydrogen (secondary N) is 2. The van der Waals surface area contributed by atoms with Gasteiger partial charge in [0.2, 0.25) is 0 Å². The summed E-state index contributed by atoms with van der Waals surface area (Å²) in [6.45, 7) is 0.510. The Hall–Kier alpha value is -2.04. The van der Waals surface area contributed by atoms with Crippen molar-refractivity contribution in [2.24, 2.45) is 0 Å². The van der Waals surface area contributed by atoms with E-state index in [1.54, 1.807) is 7.11 Å². The van der Waals surface area contributed by atoms with Crippen LogP contribution >= 0.6 is 0 Å². The largest absolute Gasteiger partial charge is 0.497 e. The Bertz CT molecular complexity index is 600. The van der Waals surface area contributed by atoms with Gasteiger partial charge in [-0.15, -0.1) is 0 Å². The molecule has 3 rings (SSSR count). The van der Waals surface area contributed by atoms with Crippen LogP contribution in [0.4, 0.5) is 0 Å². The molecule has 1 aromatic rings. The summed E-state index contributed by atoms with van der Waals surface area (Å²) in [5.41, 5.74) is 1.14. The topological polar surface area (TPSA) is 67.4 Å². The molecule has 0 saturated heterocycles. The van der Waals surface area contributed by atoms with E-state index >= 15 is 0 Å². The number of methoxy groups -OCH3 is 1. The molecule has 1 aromatic carbocycles. The fourth-order valence-corrected chi connectivity index (χ4v) is 4.21. The number of hydrogen-bond donors (Lipinski definition) is 2. The molecule has 0 bridgehead atoms. The van der Waals surface area contributed by atoms with Crippen molar-refractivity contribution in [3.05, 3.63) is 29.8 Å². The number of rotatable bonds is 5. The van der Waals surface area contributed by atoms with E-state index in [-0.39, 0.29) is 11.5 Å². The van der Waals surface area contributed by atoms with Crippen molar-refractivity contribution in [1.29, 1.82) is 0 Å². The highest BCUT2D eigenvalue weighted by Gasteiger charge is 2.36. The third-order valence-corrected chi connectivity index (χ3v) is 5.75. The second kappa shape index (κ2) is 7.89. The molecular weight excluding hydrogens is 316 g/mol. The van der Waals surface area contributed by atoms with Crippen LogP contribution in [0.25, 0.3) is 0 Å². The smallest absolute Gasteiger partial charge is 0.309 e. The normalized spacial score (nSPS) is 19.6. The standard InChI is InChI=1S/C20H28N2O3/c1-25-17-10-8-15(9-11-17)20(12-4-5-13-20)14-21-18(23)19(24)22-16-6-2-3-7-16/h8-11,16H,2-7,12-14H2,1H3,(H,21,23)(H,22,24). The summed E-state index contributed by atoms with van der Waals surface area (Å²) in [4.78, 5) is 24.3. The monoisotopic (exact) mass is 344 g/mol. The molecule has 0 aliphatic heterocycles. The molecule has 2 amide bonds. The Balaban J connectivity index is 1.61. The van der Waals surface area contributed by atoms with Crippen LogP contribution < -0.4 is 15.4 Å². The van der Waals surface area contributed by atoms with E-state index in [1.165, 1.54) is 5.56 Å². The minimum absolute atomic E-state index is 0.0738. The lowest BCUT2D eigenvalue weighted by Gasteiger charge is -2.30. The average Bonchev–Trinajstić information content (AvgIpc) is 3.32. The molecule has 2 aliphatic rings. The van der Waals surface area contributed by atoms with Crippen LogP contribution in [-0.4, -0.2) is 31.5 Å². The third kappa shape index (κ3) is 4.14. The van der Waals surface area contributed by atoms with Crippen LogP contribution in [0.5, 0.6) is 5.75 Å². The fraction of sp³-hybridized carbons (Fsp3) is 0.600. The average molecular weight is 344 g/mol. The zero-order chi connectivity index (χ0) is 17.7. The maximum atomic E-state index is 12.2. The summed E-state index contributed by atoms with van der Waals surface area (Å²) in [5.74, 6) is -0.168. The molecule has 2 aliphatic carbocycles. The van der Waals surface area contributed by atoms with Crippen LogP contribution in [0, 0.1) is 0 Å². The predicted molar refractivity (Wildman–Crippen MR) is 96.5 cm³/mol. The van der Waals surface area contributed by atoms with Gasteiger partial charge in [0.25, 0.3) is 0 Å². The Labute approximate surface area is 149 Å². The maximum Gasteiger partial charge on any atom is 0.309 e. The second-order valence-electron chi connectivity index (χ2n) is 7.35. The van der Waals surface area contributed by atoms with Crippen molar-refractivity contribution in [2.45, 2.75) is 62.8 Å². The molecule has 136 valence electrons. The van der Waals surface area contributed by atoms with Crippen molar-refractivity contribution in [3.63, 3.8) is 0 Å². The number of ether oxygens (including phenoxy) is 1. The van der Waals surface area contributed by atoms with Crippen molar-refractivity contribution < 1.29 is 14.3 Å². The quantitative estimate of drug-likeness (QED) is 0.807. The molecule has 5 nitrogen and oxygen atoms in total. The van der Waals surface area contributed by atoms with Gasteiger partial charge in [0, 0.05) is 18.0 Å². The lowest BCUT2D eigenvalue weighted by atomic mass is 9.78. The summed E-state index contributed by atoms with van der Waals surface area (Å²) < 4.78 is 5.24. The van der Waals surface area contributed by atoms with Gasteiger partial charge in [0.05, 0.1) is 7.11 Å². The first-order valence-electron chi connectivity index (χ1n) is 9.36. The van der Waals surface area contributed by atoms with E-state index in [0.717, 1.165) is 57.1 Å². The lowest BCUT2D eigenvalue weighted by molar-refractivity contribution is -0.139. The number of benzene rings is 1. The number of carbonyl (C=O) groups is 2. The van der Waals surface area contributed by atoms with Crippen molar-refractivity contribution in [2.75, 3.05) is 13.7 Å². The number of carbonyl (C=O) groups excluding carboxylic acids is 2. The SMILES string of the molecule is COc1ccc(C2(CNC(=O)C(=O)NC3CCCC3)CCCC2)cc1. The summed E-state index contributed by atoms with van der Waals surface area (Å²) in [7, 11) is 1.66. The van der Waals surface area contributed by atoms with Crippen LogP contribution in [0.2, 0.25) is 0 Å².